The molecule has 0 spiro atoms. The van der Waals surface area contributed by atoms with Crippen molar-refractivity contribution >= 4 is 37.7 Å². The SMILES string of the molecule is N=C(N)c1ccncc1Oc1ccc(Br)cc1Br. The topological polar surface area (TPSA) is 72.0 Å². The lowest BCUT2D eigenvalue weighted by atomic mass is 10.2. The van der Waals surface area contributed by atoms with E-state index in [2.05, 4.69) is 36.8 Å². The minimum absolute atomic E-state index is 0.0550. The number of aromatic nitrogens is 1. The van der Waals surface area contributed by atoms with E-state index in [1.165, 1.54) is 6.20 Å². The molecule has 0 atom stereocenters. The van der Waals surface area contributed by atoms with Crippen LogP contribution >= 0.6 is 31.9 Å². The molecule has 0 saturated heterocycles. The van der Waals surface area contributed by atoms with Crippen LogP contribution in [0.2, 0.25) is 0 Å². The molecule has 92 valence electrons. The van der Waals surface area contributed by atoms with E-state index in [1.807, 2.05) is 18.2 Å². The third-order valence-electron chi connectivity index (χ3n) is 2.19. The minimum Gasteiger partial charge on any atom is -0.454 e. The van der Waals surface area contributed by atoms with Crippen LogP contribution in [0.1, 0.15) is 5.56 Å². The number of nitrogen functional groups attached to an aromatic ring is 1. The largest absolute Gasteiger partial charge is 0.454 e. The van der Waals surface area contributed by atoms with Gasteiger partial charge in [0.1, 0.15) is 11.6 Å². The van der Waals surface area contributed by atoms with Gasteiger partial charge < -0.3 is 10.5 Å². The zero-order chi connectivity index (χ0) is 13.1. The number of nitrogens with zero attached hydrogens (tertiary/aromatic N) is 1. The standard InChI is InChI=1S/C12H9Br2N3O/c13-7-1-2-10(9(14)5-7)18-11-6-17-4-3-8(11)12(15)16/h1-6H,(H3,15,16). The summed E-state index contributed by atoms with van der Waals surface area (Å²) in [4.78, 5) is 3.97. The van der Waals surface area contributed by atoms with Crippen LogP contribution in [0.5, 0.6) is 11.5 Å². The van der Waals surface area contributed by atoms with Gasteiger partial charge in [-0.05, 0) is 40.2 Å². The van der Waals surface area contributed by atoms with Crippen LogP contribution in [0.15, 0.2) is 45.6 Å². The average Bonchev–Trinajstić information content (AvgIpc) is 2.33. The highest BCUT2D eigenvalue weighted by Gasteiger charge is 2.09. The van der Waals surface area contributed by atoms with Crippen molar-refractivity contribution < 1.29 is 4.74 Å². The summed E-state index contributed by atoms with van der Waals surface area (Å²) in [6.45, 7) is 0. The summed E-state index contributed by atoms with van der Waals surface area (Å²) in [6.07, 6.45) is 3.10. The normalized spacial score (nSPS) is 10.1. The number of nitrogens with one attached hydrogen (secondary N) is 1. The van der Waals surface area contributed by atoms with Gasteiger partial charge in [0.05, 0.1) is 16.2 Å². The molecule has 2 aromatic rings. The molecule has 6 heteroatoms. The molecule has 2 rings (SSSR count). The lowest BCUT2D eigenvalue weighted by molar-refractivity contribution is 0.476. The van der Waals surface area contributed by atoms with Gasteiger partial charge >= 0.3 is 0 Å². The highest BCUT2D eigenvalue weighted by Crippen LogP contribution is 2.32. The first-order valence-electron chi connectivity index (χ1n) is 4.99. The predicted octanol–water partition coefficient (Wildman–Crippen LogP) is 3.68. The van der Waals surface area contributed by atoms with E-state index in [1.54, 1.807) is 12.3 Å². The van der Waals surface area contributed by atoms with Gasteiger partial charge in [-0.1, -0.05) is 15.9 Å². The fraction of sp³-hybridized carbons (Fsp3) is 0. The summed E-state index contributed by atoms with van der Waals surface area (Å²) in [5.74, 6) is 1.03. The minimum atomic E-state index is -0.0550. The van der Waals surface area contributed by atoms with Gasteiger partial charge in [0, 0.05) is 10.7 Å². The average molecular weight is 371 g/mol. The van der Waals surface area contributed by atoms with Crippen molar-refractivity contribution in [2.24, 2.45) is 5.73 Å². The molecular formula is C12H9Br2N3O. The summed E-state index contributed by atoms with van der Waals surface area (Å²) in [6, 6.07) is 7.19. The summed E-state index contributed by atoms with van der Waals surface area (Å²) in [5.41, 5.74) is 6.00. The smallest absolute Gasteiger partial charge is 0.156 e. The van der Waals surface area contributed by atoms with Crippen molar-refractivity contribution in [1.29, 1.82) is 5.41 Å². The van der Waals surface area contributed by atoms with Crippen molar-refractivity contribution in [1.82, 2.24) is 4.98 Å². The Hall–Kier alpha value is -1.40. The molecule has 0 radical (unpaired) electrons. The number of rotatable bonds is 3. The van der Waals surface area contributed by atoms with Crippen LogP contribution in [-0.2, 0) is 0 Å². The number of amidine groups is 1. The van der Waals surface area contributed by atoms with Gasteiger partial charge in [-0.3, -0.25) is 10.4 Å². The Balaban J connectivity index is 2.37. The Morgan fingerprint density at radius 2 is 2.00 bits per heavy atom. The maximum atomic E-state index is 7.48. The Labute approximate surface area is 121 Å². The number of ether oxygens (including phenoxy) is 1. The van der Waals surface area contributed by atoms with Crippen molar-refractivity contribution in [2.45, 2.75) is 0 Å². The third-order valence-corrected chi connectivity index (χ3v) is 3.30. The zero-order valence-electron chi connectivity index (χ0n) is 9.15. The summed E-state index contributed by atoms with van der Waals surface area (Å²) >= 11 is 6.77. The maximum absolute atomic E-state index is 7.48. The molecule has 3 N–H and O–H groups in total. The van der Waals surface area contributed by atoms with E-state index in [-0.39, 0.29) is 5.84 Å². The zero-order valence-corrected chi connectivity index (χ0v) is 12.3. The highest BCUT2D eigenvalue weighted by molar-refractivity contribution is 9.11. The number of hydrogen-bond donors (Lipinski definition) is 2. The summed E-state index contributed by atoms with van der Waals surface area (Å²) in [5, 5.41) is 7.48. The number of pyridine rings is 1. The summed E-state index contributed by atoms with van der Waals surface area (Å²) < 4.78 is 7.45. The fourth-order valence-corrected chi connectivity index (χ4v) is 2.49. The second-order valence-electron chi connectivity index (χ2n) is 3.46. The number of nitrogens with two attached hydrogens (primary N) is 1. The van der Waals surface area contributed by atoms with Crippen LogP contribution < -0.4 is 10.5 Å². The molecule has 0 aliphatic rings. The first-order chi connectivity index (χ1) is 8.58. The van der Waals surface area contributed by atoms with Gasteiger partial charge in [0.25, 0.3) is 0 Å². The molecule has 4 nitrogen and oxygen atoms in total. The van der Waals surface area contributed by atoms with Crippen LogP contribution in [0, 0.1) is 5.41 Å². The molecule has 0 fully saturated rings. The number of benzene rings is 1. The monoisotopic (exact) mass is 369 g/mol. The van der Waals surface area contributed by atoms with Gasteiger partial charge in [0.15, 0.2) is 5.75 Å². The summed E-state index contributed by atoms with van der Waals surface area (Å²) in [7, 11) is 0. The van der Waals surface area contributed by atoms with E-state index < -0.39 is 0 Å². The van der Waals surface area contributed by atoms with Gasteiger partial charge in [0.2, 0.25) is 0 Å². The molecule has 0 aliphatic heterocycles. The van der Waals surface area contributed by atoms with Crippen LogP contribution in [0.4, 0.5) is 0 Å². The van der Waals surface area contributed by atoms with E-state index >= 15 is 0 Å². The molecule has 0 aliphatic carbocycles. The first kappa shape index (κ1) is 13.0. The van der Waals surface area contributed by atoms with E-state index in [0.29, 0.717) is 17.1 Å². The molecule has 1 aromatic heterocycles. The fourth-order valence-electron chi connectivity index (χ4n) is 1.36. The van der Waals surface area contributed by atoms with Crippen LogP contribution in [0.25, 0.3) is 0 Å². The third kappa shape index (κ3) is 2.88. The van der Waals surface area contributed by atoms with Gasteiger partial charge in [-0.15, -0.1) is 0 Å². The molecule has 18 heavy (non-hydrogen) atoms. The second-order valence-corrected chi connectivity index (χ2v) is 5.23. The Kier molecular flexibility index (Phi) is 3.98. The lowest BCUT2D eigenvalue weighted by Crippen LogP contribution is -2.12. The van der Waals surface area contributed by atoms with Crippen LogP contribution in [-0.4, -0.2) is 10.8 Å². The van der Waals surface area contributed by atoms with Crippen molar-refractivity contribution in [3.05, 3.63) is 51.2 Å². The Morgan fingerprint density at radius 1 is 1.22 bits per heavy atom. The van der Waals surface area contributed by atoms with E-state index in [4.69, 9.17) is 15.9 Å². The highest BCUT2D eigenvalue weighted by atomic mass is 79.9. The van der Waals surface area contributed by atoms with Gasteiger partial charge in [-0.25, -0.2) is 0 Å². The first-order valence-corrected chi connectivity index (χ1v) is 6.58. The van der Waals surface area contributed by atoms with Gasteiger partial charge in [-0.2, -0.15) is 0 Å². The van der Waals surface area contributed by atoms with Crippen molar-refractivity contribution in [3.8, 4) is 11.5 Å². The Bertz CT molecular complexity index is 602. The quantitative estimate of drug-likeness (QED) is 0.639. The lowest BCUT2D eigenvalue weighted by Gasteiger charge is -2.10. The molecule has 1 aromatic carbocycles. The van der Waals surface area contributed by atoms with Crippen molar-refractivity contribution in [2.75, 3.05) is 0 Å². The van der Waals surface area contributed by atoms with E-state index in [0.717, 1.165) is 8.95 Å². The molecule has 0 amide bonds. The molecular weight excluding hydrogens is 362 g/mol. The van der Waals surface area contributed by atoms with E-state index in [9.17, 15) is 0 Å². The second kappa shape index (κ2) is 5.49. The molecule has 0 bridgehead atoms. The molecule has 0 saturated carbocycles. The number of halogens is 2. The van der Waals surface area contributed by atoms with Crippen molar-refractivity contribution in [3.63, 3.8) is 0 Å². The predicted molar refractivity (Wildman–Crippen MR) is 77.2 cm³/mol. The maximum Gasteiger partial charge on any atom is 0.156 e. The Morgan fingerprint density at radius 3 is 2.67 bits per heavy atom. The van der Waals surface area contributed by atoms with Crippen LogP contribution in [0.3, 0.4) is 0 Å². The molecule has 0 unspecified atom stereocenters. The number of hydrogen-bond acceptors (Lipinski definition) is 3. The molecule has 1 heterocycles.